The molecular weight excluding hydrogens is 272 g/mol. The van der Waals surface area contributed by atoms with E-state index in [4.69, 9.17) is 19.3 Å². The maximum Gasteiger partial charge on any atom is 0.330 e. The van der Waals surface area contributed by atoms with Gasteiger partial charge in [-0.3, -0.25) is 0 Å². The molecule has 0 aliphatic heterocycles. The van der Waals surface area contributed by atoms with Crippen LogP contribution in [0.3, 0.4) is 0 Å². The molecule has 0 amide bonds. The molecule has 0 fully saturated rings. The summed E-state index contributed by atoms with van der Waals surface area (Å²) in [6.07, 6.45) is 4.67. The lowest BCUT2D eigenvalue weighted by molar-refractivity contribution is -0.132. The van der Waals surface area contributed by atoms with Crippen molar-refractivity contribution in [3.05, 3.63) is 35.9 Å². The van der Waals surface area contributed by atoms with Crippen LogP contribution in [0.1, 0.15) is 18.4 Å². The molecule has 0 saturated carbocycles. The molecule has 0 bridgehead atoms. The van der Waals surface area contributed by atoms with Gasteiger partial charge in [-0.05, 0) is 12.8 Å². The molecule has 0 aliphatic rings. The lowest BCUT2D eigenvalue weighted by atomic mass is 10.1. The van der Waals surface area contributed by atoms with Gasteiger partial charge in [-0.2, -0.15) is 0 Å². The third-order valence-electron chi connectivity index (χ3n) is 2.95. The van der Waals surface area contributed by atoms with Crippen LogP contribution in [-0.4, -0.2) is 32.4 Å². The highest BCUT2D eigenvalue weighted by Crippen LogP contribution is 2.35. The van der Waals surface area contributed by atoms with Gasteiger partial charge >= 0.3 is 5.97 Å². The van der Waals surface area contributed by atoms with Gasteiger partial charge < -0.3 is 19.3 Å². The Bertz CT molecular complexity index is 521. The molecule has 0 saturated heterocycles. The molecule has 0 spiro atoms. The molecule has 5 heteroatoms. The van der Waals surface area contributed by atoms with Crippen molar-refractivity contribution >= 4 is 12.0 Å². The summed E-state index contributed by atoms with van der Waals surface area (Å²) in [5.41, 5.74) is 0.968. The van der Waals surface area contributed by atoms with Crippen molar-refractivity contribution in [3.63, 3.8) is 0 Å². The molecule has 1 aromatic carbocycles. The maximum absolute atomic E-state index is 10.7. The molecule has 1 rings (SSSR count). The van der Waals surface area contributed by atoms with Crippen LogP contribution in [0.25, 0.3) is 6.08 Å². The number of hydrogen-bond donors (Lipinski definition) is 1. The van der Waals surface area contributed by atoms with Crippen LogP contribution >= 0.6 is 0 Å². The molecule has 0 unspecified atom stereocenters. The normalized spacial score (nSPS) is 10.4. The van der Waals surface area contributed by atoms with Gasteiger partial charge in [0.25, 0.3) is 0 Å². The smallest absolute Gasteiger partial charge is 0.330 e. The van der Waals surface area contributed by atoms with E-state index in [9.17, 15) is 4.79 Å². The summed E-state index contributed by atoms with van der Waals surface area (Å²) in [7, 11) is 4.71. The van der Waals surface area contributed by atoms with Crippen molar-refractivity contribution in [1.82, 2.24) is 0 Å². The third kappa shape index (κ3) is 4.56. The fraction of sp³-hybridized carbons (Fsp3) is 0.312. The van der Waals surface area contributed by atoms with Gasteiger partial charge in [0.15, 0.2) is 0 Å². The lowest BCUT2D eigenvalue weighted by Gasteiger charge is -2.12. The number of carboxylic acids is 1. The Morgan fingerprint density at radius 2 is 1.76 bits per heavy atom. The zero-order valence-electron chi connectivity index (χ0n) is 12.5. The summed E-state index contributed by atoms with van der Waals surface area (Å²) in [4.78, 5) is 10.7. The maximum atomic E-state index is 10.7. The highest BCUT2D eigenvalue weighted by atomic mass is 16.5. The number of rotatable bonds is 8. The van der Waals surface area contributed by atoms with Crippen LogP contribution < -0.4 is 14.2 Å². The molecule has 21 heavy (non-hydrogen) atoms. The molecule has 0 radical (unpaired) electrons. The first-order valence-electron chi connectivity index (χ1n) is 6.41. The van der Waals surface area contributed by atoms with Crippen molar-refractivity contribution in [2.45, 2.75) is 12.8 Å². The first kappa shape index (κ1) is 16.6. The summed E-state index contributed by atoms with van der Waals surface area (Å²) in [6, 6.07) is 3.52. The Balaban J connectivity index is 2.91. The number of carboxylic acid groups (broad SMARTS) is 1. The van der Waals surface area contributed by atoms with E-state index in [-0.39, 0.29) is 5.57 Å². The topological polar surface area (TPSA) is 65.0 Å². The van der Waals surface area contributed by atoms with E-state index in [0.717, 1.165) is 5.56 Å². The summed E-state index contributed by atoms with van der Waals surface area (Å²) < 4.78 is 15.8. The standard InChI is InChI=1S/C16H20O5/c1-11(16(17)18)7-5-6-8-13-14(20-3)9-12(19-2)10-15(13)21-4/h6,8-10H,1,5,7H2,2-4H3,(H,17,18). The van der Waals surface area contributed by atoms with E-state index >= 15 is 0 Å². The number of allylic oxidation sites excluding steroid dienone is 1. The number of methoxy groups -OCH3 is 3. The van der Waals surface area contributed by atoms with Gasteiger partial charge in [0.2, 0.25) is 0 Å². The molecule has 0 aliphatic carbocycles. The largest absolute Gasteiger partial charge is 0.496 e. The summed E-state index contributed by atoms with van der Waals surface area (Å²) in [5.74, 6) is 0.919. The van der Waals surface area contributed by atoms with E-state index in [1.54, 1.807) is 33.5 Å². The highest BCUT2D eigenvalue weighted by molar-refractivity contribution is 5.85. The van der Waals surface area contributed by atoms with Crippen LogP contribution in [0.15, 0.2) is 30.4 Å². The quantitative estimate of drug-likeness (QED) is 0.746. The van der Waals surface area contributed by atoms with Gasteiger partial charge in [0, 0.05) is 17.7 Å². The average molecular weight is 292 g/mol. The van der Waals surface area contributed by atoms with Crippen LogP contribution in [-0.2, 0) is 4.79 Å². The molecule has 5 nitrogen and oxygen atoms in total. The predicted molar refractivity (Wildman–Crippen MR) is 81.1 cm³/mol. The van der Waals surface area contributed by atoms with Gasteiger partial charge in [-0.15, -0.1) is 0 Å². The second-order valence-electron chi connectivity index (χ2n) is 4.30. The summed E-state index contributed by atoms with van der Waals surface area (Å²) in [6.45, 7) is 3.49. The van der Waals surface area contributed by atoms with E-state index < -0.39 is 5.97 Å². The number of carbonyl (C=O) groups is 1. The Morgan fingerprint density at radius 1 is 1.19 bits per heavy atom. The average Bonchev–Trinajstić information content (AvgIpc) is 2.50. The molecule has 1 N–H and O–H groups in total. The minimum absolute atomic E-state index is 0.188. The zero-order valence-corrected chi connectivity index (χ0v) is 12.5. The minimum Gasteiger partial charge on any atom is -0.496 e. The monoisotopic (exact) mass is 292 g/mol. The lowest BCUT2D eigenvalue weighted by Crippen LogP contribution is -1.97. The predicted octanol–water partition coefficient (Wildman–Crippen LogP) is 3.15. The van der Waals surface area contributed by atoms with E-state index in [1.807, 2.05) is 12.2 Å². The Labute approximate surface area is 124 Å². The van der Waals surface area contributed by atoms with Gasteiger partial charge in [-0.1, -0.05) is 18.7 Å². The molecular formula is C16H20O5. The first-order chi connectivity index (χ1) is 10.0. The molecule has 0 heterocycles. The van der Waals surface area contributed by atoms with Crippen LogP contribution in [0.4, 0.5) is 0 Å². The fourth-order valence-electron chi connectivity index (χ4n) is 1.76. The first-order valence-corrected chi connectivity index (χ1v) is 6.41. The van der Waals surface area contributed by atoms with Crippen molar-refractivity contribution in [1.29, 1.82) is 0 Å². The number of aliphatic carboxylic acids is 1. The minimum atomic E-state index is -0.969. The summed E-state index contributed by atoms with van der Waals surface area (Å²) in [5, 5.41) is 8.74. The van der Waals surface area contributed by atoms with Gasteiger partial charge in [0.05, 0.1) is 26.9 Å². The number of benzene rings is 1. The third-order valence-corrected chi connectivity index (χ3v) is 2.95. The molecule has 114 valence electrons. The second kappa shape index (κ2) is 7.99. The fourth-order valence-corrected chi connectivity index (χ4v) is 1.76. The Morgan fingerprint density at radius 3 is 2.19 bits per heavy atom. The van der Waals surface area contributed by atoms with Crippen molar-refractivity contribution < 1.29 is 24.1 Å². The molecule has 0 atom stereocenters. The van der Waals surface area contributed by atoms with Crippen molar-refractivity contribution in [2.24, 2.45) is 0 Å². The molecule has 1 aromatic rings. The van der Waals surface area contributed by atoms with Crippen molar-refractivity contribution in [3.8, 4) is 17.2 Å². The van der Waals surface area contributed by atoms with E-state index in [0.29, 0.717) is 30.1 Å². The van der Waals surface area contributed by atoms with Crippen molar-refractivity contribution in [2.75, 3.05) is 21.3 Å². The number of ether oxygens (including phenoxy) is 3. The Hall–Kier alpha value is -2.43. The van der Waals surface area contributed by atoms with Crippen LogP contribution in [0, 0.1) is 0 Å². The SMILES string of the molecule is C=C(CCC=Cc1c(OC)cc(OC)cc1OC)C(=O)O. The van der Waals surface area contributed by atoms with Gasteiger partial charge in [0.1, 0.15) is 17.2 Å². The highest BCUT2D eigenvalue weighted by Gasteiger charge is 2.10. The zero-order chi connectivity index (χ0) is 15.8. The van der Waals surface area contributed by atoms with Crippen LogP contribution in [0.2, 0.25) is 0 Å². The number of hydrogen-bond acceptors (Lipinski definition) is 4. The van der Waals surface area contributed by atoms with E-state index in [2.05, 4.69) is 6.58 Å². The Kier molecular flexibility index (Phi) is 6.33. The molecule has 0 aromatic heterocycles. The van der Waals surface area contributed by atoms with E-state index in [1.165, 1.54) is 0 Å². The van der Waals surface area contributed by atoms with Gasteiger partial charge in [-0.25, -0.2) is 4.79 Å². The summed E-state index contributed by atoms with van der Waals surface area (Å²) >= 11 is 0. The van der Waals surface area contributed by atoms with Crippen LogP contribution in [0.5, 0.6) is 17.2 Å². The second-order valence-corrected chi connectivity index (χ2v) is 4.30.